The molecular weight excluding hydrogens is 294 g/mol. The highest BCUT2D eigenvalue weighted by Gasteiger charge is 2.25. The van der Waals surface area contributed by atoms with Gasteiger partial charge in [0.05, 0.1) is 17.9 Å². The van der Waals surface area contributed by atoms with Crippen LogP contribution in [0.1, 0.15) is 45.6 Å². The molecule has 1 aromatic heterocycles. The Balaban J connectivity index is 2.21. The van der Waals surface area contributed by atoms with Crippen molar-refractivity contribution < 1.29 is 0 Å². The molecule has 1 aliphatic carbocycles. The predicted molar refractivity (Wildman–Crippen MR) is 87.1 cm³/mol. The molecule has 0 spiro atoms. The maximum Gasteiger partial charge on any atom is 0.287 e. The average Bonchev–Trinajstić information content (AvgIpc) is 2.44. The molecule has 0 saturated heterocycles. The summed E-state index contributed by atoms with van der Waals surface area (Å²) in [6.07, 6.45) is 8.66. The Hall–Kier alpha value is -0.680. The van der Waals surface area contributed by atoms with Crippen molar-refractivity contribution in [3.63, 3.8) is 0 Å². The highest BCUT2D eigenvalue weighted by atomic mass is 35.5. The van der Waals surface area contributed by atoms with Crippen molar-refractivity contribution in [2.24, 2.45) is 0 Å². The van der Waals surface area contributed by atoms with Gasteiger partial charge >= 0.3 is 0 Å². The smallest absolute Gasteiger partial charge is 0.287 e. The van der Waals surface area contributed by atoms with Crippen LogP contribution < -0.4 is 10.9 Å². The largest absolute Gasteiger partial charge is 0.379 e. The van der Waals surface area contributed by atoms with Crippen LogP contribution in [0.3, 0.4) is 0 Å². The first kappa shape index (κ1) is 15.7. The lowest BCUT2D eigenvalue weighted by molar-refractivity contribution is 0.473. The number of thioether (sulfide) groups is 1. The second kappa shape index (κ2) is 6.85. The average molecular weight is 316 g/mol. The summed E-state index contributed by atoms with van der Waals surface area (Å²) in [6, 6.07) is 0.384. The second-order valence-corrected chi connectivity index (χ2v) is 6.98. The van der Waals surface area contributed by atoms with Crippen molar-refractivity contribution in [1.82, 2.24) is 9.78 Å². The lowest BCUT2D eigenvalue weighted by atomic mass is 9.95. The molecule has 4 nitrogen and oxygen atoms in total. The van der Waals surface area contributed by atoms with E-state index in [0.717, 1.165) is 6.42 Å². The van der Waals surface area contributed by atoms with E-state index in [-0.39, 0.29) is 16.6 Å². The van der Waals surface area contributed by atoms with E-state index in [9.17, 15) is 4.79 Å². The van der Waals surface area contributed by atoms with Gasteiger partial charge in [0, 0.05) is 11.3 Å². The van der Waals surface area contributed by atoms with Gasteiger partial charge in [-0.2, -0.15) is 16.9 Å². The molecule has 2 unspecified atom stereocenters. The van der Waals surface area contributed by atoms with Crippen LogP contribution in [-0.2, 0) is 0 Å². The number of nitrogens with zero attached hydrogens (tertiary/aromatic N) is 2. The summed E-state index contributed by atoms with van der Waals surface area (Å²) in [4.78, 5) is 12.1. The summed E-state index contributed by atoms with van der Waals surface area (Å²) in [5, 5.41) is 8.46. The third-order valence-electron chi connectivity index (χ3n) is 3.78. The first-order chi connectivity index (χ1) is 9.54. The Morgan fingerprint density at radius 2 is 2.15 bits per heavy atom. The van der Waals surface area contributed by atoms with Gasteiger partial charge in [-0.15, -0.1) is 0 Å². The first-order valence-corrected chi connectivity index (χ1v) is 8.77. The molecular formula is C14H22ClN3OS. The molecule has 1 N–H and O–H groups in total. The lowest BCUT2D eigenvalue weighted by Gasteiger charge is -2.31. The van der Waals surface area contributed by atoms with Crippen LogP contribution in [0.2, 0.25) is 5.02 Å². The molecule has 0 bridgehead atoms. The van der Waals surface area contributed by atoms with Gasteiger partial charge in [0.2, 0.25) is 0 Å². The van der Waals surface area contributed by atoms with Gasteiger partial charge in [-0.1, -0.05) is 24.4 Å². The normalized spacial score (nSPS) is 23.1. The Kier molecular flexibility index (Phi) is 5.38. The molecule has 2 rings (SSSR count). The topological polar surface area (TPSA) is 46.9 Å². The minimum Gasteiger partial charge on any atom is -0.379 e. The van der Waals surface area contributed by atoms with Crippen LogP contribution in [0.4, 0.5) is 5.69 Å². The number of rotatable bonds is 4. The van der Waals surface area contributed by atoms with Gasteiger partial charge in [-0.25, -0.2) is 4.68 Å². The van der Waals surface area contributed by atoms with E-state index in [1.165, 1.54) is 23.9 Å². The van der Waals surface area contributed by atoms with Gasteiger partial charge in [0.1, 0.15) is 5.02 Å². The fourth-order valence-corrected chi connectivity index (χ4v) is 3.78. The van der Waals surface area contributed by atoms with Crippen molar-refractivity contribution in [2.45, 2.75) is 56.9 Å². The second-order valence-electron chi connectivity index (χ2n) is 5.53. The molecule has 0 aliphatic heterocycles. The standard InChI is InChI=1S/C14H22ClN3OS/c1-9(2)18-14(19)13(15)11(8-16-18)17-10-6-4-5-7-12(10)20-3/h8-10,12,17H,4-7H2,1-3H3. The van der Waals surface area contributed by atoms with Crippen LogP contribution in [-0.4, -0.2) is 27.3 Å². The van der Waals surface area contributed by atoms with Crippen LogP contribution in [0, 0.1) is 0 Å². The zero-order chi connectivity index (χ0) is 14.7. The van der Waals surface area contributed by atoms with Crippen molar-refractivity contribution in [3.8, 4) is 0 Å². The minimum atomic E-state index is -0.219. The number of nitrogens with one attached hydrogen (secondary N) is 1. The quantitative estimate of drug-likeness (QED) is 0.922. The number of hydrogen-bond acceptors (Lipinski definition) is 4. The summed E-state index contributed by atoms with van der Waals surface area (Å²) in [5.41, 5.74) is 0.447. The van der Waals surface area contributed by atoms with Crippen molar-refractivity contribution in [3.05, 3.63) is 21.6 Å². The Bertz CT molecular complexity index is 518. The molecule has 1 fully saturated rings. The summed E-state index contributed by atoms with van der Waals surface area (Å²) < 4.78 is 1.42. The van der Waals surface area contributed by atoms with Crippen molar-refractivity contribution in [1.29, 1.82) is 0 Å². The van der Waals surface area contributed by atoms with Crippen LogP contribution in [0.15, 0.2) is 11.0 Å². The molecule has 1 heterocycles. The fraction of sp³-hybridized carbons (Fsp3) is 0.714. The van der Waals surface area contributed by atoms with Gasteiger partial charge in [-0.05, 0) is 32.9 Å². The number of anilines is 1. The van der Waals surface area contributed by atoms with E-state index in [2.05, 4.69) is 16.7 Å². The molecule has 1 saturated carbocycles. The third-order valence-corrected chi connectivity index (χ3v) is 5.31. The molecule has 0 amide bonds. The van der Waals surface area contributed by atoms with Crippen molar-refractivity contribution in [2.75, 3.05) is 11.6 Å². The maximum absolute atomic E-state index is 12.1. The zero-order valence-electron chi connectivity index (χ0n) is 12.2. The van der Waals surface area contributed by atoms with E-state index in [1.807, 2.05) is 25.6 Å². The van der Waals surface area contributed by atoms with E-state index in [1.54, 1.807) is 6.20 Å². The van der Waals surface area contributed by atoms with Crippen LogP contribution in [0.5, 0.6) is 0 Å². The Labute approximate surface area is 129 Å². The number of aromatic nitrogens is 2. The van der Waals surface area contributed by atoms with E-state index in [0.29, 0.717) is 17.0 Å². The molecule has 1 aromatic rings. The maximum atomic E-state index is 12.1. The molecule has 20 heavy (non-hydrogen) atoms. The Morgan fingerprint density at radius 3 is 2.80 bits per heavy atom. The Morgan fingerprint density at radius 1 is 1.45 bits per heavy atom. The SMILES string of the molecule is CSC1CCCCC1Nc1cnn(C(C)C)c(=O)c1Cl. The third kappa shape index (κ3) is 3.31. The summed E-state index contributed by atoms with van der Waals surface area (Å²) >= 11 is 8.09. The van der Waals surface area contributed by atoms with Crippen LogP contribution in [0.25, 0.3) is 0 Å². The van der Waals surface area contributed by atoms with Gasteiger partial charge in [0.25, 0.3) is 5.56 Å². The van der Waals surface area contributed by atoms with Gasteiger partial charge in [-0.3, -0.25) is 4.79 Å². The summed E-state index contributed by atoms with van der Waals surface area (Å²) in [6.45, 7) is 3.84. The molecule has 1 aliphatic rings. The molecule has 0 aromatic carbocycles. The number of hydrogen-bond donors (Lipinski definition) is 1. The van der Waals surface area contributed by atoms with Gasteiger partial charge < -0.3 is 5.32 Å². The van der Waals surface area contributed by atoms with E-state index < -0.39 is 0 Å². The molecule has 6 heteroatoms. The van der Waals surface area contributed by atoms with Crippen LogP contribution >= 0.6 is 23.4 Å². The summed E-state index contributed by atoms with van der Waals surface area (Å²) in [5.74, 6) is 0. The minimum absolute atomic E-state index is 0.0164. The first-order valence-electron chi connectivity index (χ1n) is 7.11. The van der Waals surface area contributed by atoms with Crippen molar-refractivity contribution >= 4 is 29.1 Å². The molecule has 112 valence electrons. The van der Waals surface area contributed by atoms with E-state index >= 15 is 0 Å². The van der Waals surface area contributed by atoms with Gasteiger partial charge in [0.15, 0.2) is 0 Å². The highest BCUT2D eigenvalue weighted by molar-refractivity contribution is 7.99. The molecule has 0 radical (unpaired) electrons. The van der Waals surface area contributed by atoms with E-state index in [4.69, 9.17) is 11.6 Å². The molecule has 2 atom stereocenters. The predicted octanol–water partition coefficient (Wildman–Crippen LogP) is 3.56. The number of halogens is 1. The lowest BCUT2D eigenvalue weighted by Crippen LogP contribution is -2.35. The summed E-state index contributed by atoms with van der Waals surface area (Å²) in [7, 11) is 0. The zero-order valence-corrected chi connectivity index (χ0v) is 13.8. The fourth-order valence-electron chi connectivity index (χ4n) is 2.66. The monoisotopic (exact) mass is 315 g/mol. The highest BCUT2D eigenvalue weighted by Crippen LogP contribution is 2.30.